The van der Waals surface area contributed by atoms with Crippen molar-refractivity contribution in [2.45, 2.75) is 26.1 Å². The molecule has 3 nitrogen and oxygen atoms in total. The highest BCUT2D eigenvalue weighted by molar-refractivity contribution is 6.30. The lowest BCUT2D eigenvalue weighted by molar-refractivity contribution is 0.0519. The quantitative estimate of drug-likeness (QED) is 0.756. The lowest BCUT2D eigenvalue weighted by Gasteiger charge is -2.17. The summed E-state index contributed by atoms with van der Waals surface area (Å²) < 4.78 is 0. The first-order valence-corrected chi connectivity index (χ1v) is 4.87. The largest absolute Gasteiger partial charge is 0.385 e. The highest BCUT2D eigenvalue weighted by Gasteiger charge is 2.21. The molecule has 0 aromatic heterocycles. The van der Waals surface area contributed by atoms with Crippen molar-refractivity contribution in [3.8, 4) is 6.07 Å². The van der Waals surface area contributed by atoms with Crippen molar-refractivity contribution >= 4 is 11.6 Å². The molecule has 0 amide bonds. The summed E-state index contributed by atoms with van der Waals surface area (Å²) in [5.74, 6) is 0. The van der Waals surface area contributed by atoms with Crippen LogP contribution in [0, 0.1) is 25.2 Å². The van der Waals surface area contributed by atoms with E-state index in [1.54, 1.807) is 32.0 Å². The van der Waals surface area contributed by atoms with Crippen LogP contribution in [0.4, 0.5) is 0 Å². The maximum Gasteiger partial charge on any atom is 0.170 e. The van der Waals surface area contributed by atoms with Gasteiger partial charge in [0.2, 0.25) is 0 Å². The molecule has 1 rings (SSSR count). The predicted octanol–water partition coefficient (Wildman–Crippen LogP) is 1.87. The van der Waals surface area contributed by atoms with E-state index >= 15 is 0 Å². The van der Waals surface area contributed by atoms with Gasteiger partial charge in [0.15, 0.2) is 6.10 Å². The Morgan fingerprint density at radius 2 is 1.73 bits per heavy atom. The molecule has 0 heterocycles. The number of rotatable bonds is 2. The molecule has 0 bridgehead atoms. The maximum atomic E-state index is 9.73. The third-order valence-electron chi connectivity index (χ3n) is 2.29. The Morgan fingerprint density at radius 1 is 1.27 bits per heavy atom. The second-order valence-electron chi connectivity index (χ2n) is 3.47. The summed E-state index contributed by atoms with van der Waals surface area (Å²) in [5.41, 5.74) is 2.09. The molecule has 15 heavy (non-hydrogen) atoms. The summed E-state index contributed by atoms with van der Waals surface area (Å²) in [4.78, 5) is 0. The molecule has 0 fully saturated rings. The van der Waals surface area contributed by atoms with Gasteiger partial charge in [-0.05, 0) is 42.7 Å². The fraction of sp³-hybridized carbons (Fsp3) is 0.364. The van der Waals surface area contributed by atoms with E-state index in [1.807, 2.05) is 0 Å². The summed E-state index contributed by atoms with van der Waals surface area (Å²) in [7, 11) is 0. The molecule has 2 N–H and O–H groups in total. The monoisotopic (exact) mass is 225 g/mol. The van der Waals surface area contributed by atoms with Crippen LogP contribution in [0.15, 0.2) is 12.1 Å². The summed E-state index contributed by atoms with van der Waals surface area (Å²) in [6.45, 7) is 3.56. The SMILES string of the molecule is Cc1cc(Cl)cc(C)c1C(O)C(O)C#N. The van der Waals surface area contributed by atoms with Gasteiger partial charge in [-0.2, -0.15) is 5.26 Å². The first kappa shape index (κ1) is 12.0. The van der Waals surface area contributed by atoms with Crippen LogP contribution in [0.2, 0.25) is 5.02 Å². The van der Waals surface area contributed by atoms with Crippen LogP contribution >= 0.6 is 11.6 Å². The number of hydrogen-bond acceptors (Lipinski definition) is 3. The van der Waals surface area contributed by atoms with E-state index in [-0.39, 0.29) is 0 Å². The molecule has 0 spiro atoms. The van der Waals surface area contributed by atoms with E-state index in [9.17, 15) is 10.2 Å². The number of halogens is 1. The predicted molar refractivity (Wildman–Crippen MR) is 57.5 cm³/mol. The van der Waals surface area contributed by atoms with Crippen LogP contribution in [0.1, 0.15) is 22.8 Å². The van der Waals surface area contributed by atoms with Crippen molar-refractivity contribution in [3.05, 3.63) is 33.8 Å². The van der Waals surface area contributed by atoms with Gasteiger partial charge < -0.3 is 10.2 Å². The van der Waals surface area contributed by atoms with Crippen molar-refractivity contribution in [2.75, 3.05) is 0 Å². The average Bonchev–Trinajstić information content (AvgIpc) is 2.14. The minimum absolute atomic E-state index is 0.563. The zero-order chi connectivity index (χ0) is 11.6. The summed E-state index contributed by atoms with van der Waals surface area (Å²) in [6, 6.07) is 4.99. The topological polar surface area (TPSA) is 64.2 Å². The normalized spacial score (nSPS) is 14.4. The van der Waals surface area contributed by atoms with Gasteiger partial charge in [-0.3, -0.25) is 0 Å². The first-order chi connectivity index (χ1) is 6.97. The van der Waals surface area contributed by atoms with E-state index in [1.165, 1.54) is 0 Å². The molecule has 0 aliphatic carbocycles. The lowest BCUT2D eigenvalue weighted by Crippen LogP contribution is -2.17. The van der Waals surface area contributed by atoms with Crippen molar-refractivity contribution in [3.63, 3.8) is 0 Å². The van der Waals surface area contributed by atoms with Crippen molar-refractivity contribution in [2.24, 2.45) is 0 Å². The molecule has 0 aliphatic heterocycles. The van der Waals surface area contributed by atoms with Crippen molar-refractivity contribution in [1.82, 2.24) is 0 Å². The number of aliphatic hydroxyl groups excluding tert-OH is 2. The molecule has 0 aliphatic rings. The second-order valence-corrected chi connectivity index (χ2v) is 3.91. The fourth-order valence-electron chi connectivity index (χ4n) is 1.62. The third-order valence-corrected chi connectivity index (χ3v) is 2.50. The molecular formula is C11H12ClNO2. The molecule has 80 valence electrons. The maximum absolute atomic E-state index is 9.73. The Hall–Kier alpha value is -1.08. The first-order valence-electron chi connectivity index (χ1n) is 4.49. The molecule has 0 saturated heterocycles. The number of hydrogen-bond donors (Lipinski definition) is 2. The van der Waals surface area contributed by atoms with Crippen LogP contribution in [0.3, 0.4) is 0 Å². The molecule has 2 unspecified atom stereocenters. The van der Waals surface area contributed by atoms with Crippen molar-refractivity contribution < 1.29 is 10.2 Å². The van der Waals surface area contributed by atoms with Crippen LogP contribution in [-0.2, 0) is 0 Å². The minimum atomic E-state index is -1.41. The summed E-state index contributed by atoms with van der Waals surface area (Å²) in [6.07, 6.45) is -2.60. The Bertz CT molecular complexity index is 389. The van der Waals surface area contributed by atoms with Gasteiger partial charge in [0.05, 0.1) is 6.07 Å². The molecule has 1 aromatic carbocycles. The smallest absolute Gasteiger partial charge is 0.170 e. The average molecular weight is 226 g/mol. The van der Waals surface area contributed by atoms with Gasteiger partial charge in [0, 0.05) is 5.02 Å². The second kappa shape index (κ2) is 4.63. The highest BCUT2D eigenvalue weighted by atomic mass is 35.5. The molecule has 4 heteroatoms. The molecular weight excluding hydrogens is 214 g/mol. The minimum Gasteiger partial charge on any atom is -0.385 e. The van der Waals surface area contributed by atoms with Gasteiger partial charge in [-0.25, -0.2) is 0 Å². The van der Waals surface area contributed by atoms with Crippen LogP contribution in [0.25, 0.3) is 0 Å². The van der Waals surface area contributed by atoms with Crippen LogP contribution in [-0.4, -0.2) is 16.3 Å². The third kappa shape index (κ3) is 2.48. The van der Waals surface area contributed by atoms with E-state index in [0.717, 1.165) is 11.1 Å². The molecule has 0 radical (unpaired) electrons. The zero-order valence-corrected chi connectivity index (χ0v) is 9.28. The Kier molecular flexibility index (Phi) is 3.70. The van der Waals surface area contributed by atoms with E-state index in [4.69, 9.17) is 16.9 Å². The molecule has 2 atom stereocenters. The van der Waals surface area contributed by atoms with Gasteiger partial charge in [0.25, 0.3) is 0 Å². The van der Waals surface area contributed by atoms with Gasteiger partial charge in [0.1, 0.15) is 6.10 Å². The van der Waals surface area contributed by atoms with E-state index in [0.29, 0.717) is 10.6 Å². The number of aliphatic hydroxyl groups is 2. The number of aryl methyl sites for hydroxylation is 2. The fourth-order valence-corrected chi connectivity index (χ4v) is 1.94. The Balaban J connectivity index is 3.21. The van der Waals surface area contributed by atoms with Gasteiger partial charge in [-0.1, -0.05) is 11.6 Å². The highest BCUT2D eigenvalue weighted by Crippen LogP contribution is 2.27. The summed E-state index contributed by atoms with van der Waals surface area (Å²) in [5, 5.41) is 28.1. The van der Waals surface area contributed by atoms with Crippen LogP contribution < -0.4 is 0 Å². The van der Waals surface area contributed by atoms with Gasteiger partial charge >= 0.3 is 0 Å². The number of benzene rings is 1. The van der Waals surface area contributed by atoms with E-state index < -0.39 is 12.2 Å². The van der Waals surface area contributed by atoms with E-state index in [2.05, 4.69) is 0 Å². The van der Waals surface area contributed by atoms with Crippen molar-refractivity contribution in [1.29, 1.82) is 5.26 Å². The Morgan fingerprint density at radius 3 is 2.13 bits per heavy atom. The number of nitrogens with zero attached hydrogens (tertiary/aromatic N) is 1. The van der Waals surface area contributed by atoms with Crippen LogP contribution in [0.5, 0.6) is 0 Å². The lowest BCUT2D eigenvalue weighted by atomic mass is 9.95. The molecule has 1 aromatic rings. The zero-order valence-electron chi connectivity index (χ0n) is 8.53. The van der Waals surface area contributed by atoms with Gasteiger partial charge in [-0.15, -0.1) is 0 Å². The Labute approximate surface area is 93.5 Å². The standard InChI is InChI=1S/C11H12ClNO2/c1-6-3-8(12)4-7(2)10(6)11(15)9(14)5-13/h3-4,9,11,14-15H,1-2H3. The number of nitriles is 1. The molecule has 0 saturated carbocycles. The summed E-state index contributed by atoms with van der Waals surface area (Å²) >= 11 is 5.83.